The van der Waals surface area contributed by atoms with Crippen LogP contribution in [0.2, 0.25) is 0 Å². The minimum Gasteiger partial charge on any atom is -0.489 e. The quantitative estimate of drug-likeness (QED) is 0.663. The van der Waals surface area contributed by atoms with Gasteiger partial charge in [0.25, 0.3) is 5.91 Å². The van der Waals surface area contributed by atoms with Crippen molar-refractivity contribution < 1.29 is 9.53 Å². The van der Waals surface area contributed by atoms with Crippen LogP contribution in [0, 0.1) is 20.8 Å². The lowest BCUT2D eigenvalue weighted by atomic mass is 10.2. The Morgan fingerprint density at radius 2 is 2.04 bits per heavy atom. The molecule has 3 rings (SSSR count). The van der Waals surface area contributed by atoms with Crippen molar-refractivity contribution in [2.45, 2.75) is 46.9 Å². The Hall–Kier alpha value is -2.60. The number of amides is 1. The summed E-state index contributed by atoms with van der Waals surface area (Å²) >= 11 is 1.44. The molecule has 142 valence electrons. The number of ether oxygens (including phenoxy) is 1. The number of rotatable bonds is 7. The molecule has 2 heterocycles. The highest BCUT2D eigenvalue weighted by Gasteiger charge is 2.14. The molecular weight excluding hydrogens is 358 g/mol. The van der Waals surface area contributed by atoms with E-state index in [4.69, 9.17) is 4.74 Å². The van der Waals surface area contributed by atoms with Crippen molar-refractivity contribution in [3.05, 3.63) is 69.2 Å². The van der Waals surface area contributed by atoms with E-state index in [1.165, 1.54) is 11.3 Å². The summed E-state index contributed by atoms with van der Waals surface area (Å²) in [5.41, 5.74) is 4.19. The number of nitrogens with one attached hydrogen (secondary N) is 1. The number of nitrogens with zero attached hydrogens (tertiary/aromatic N) is 2. The van der Waals surface area contributed by atoms with Crippen LogP contribution in [-0.2, 0) is 13.2 Å². The molecule has 1 atom stereocenters. The predicted molar refractivity (Wildman–Crippen MR) is 108 cm³/mol. The van der Waals surface area contributed by atoms with Crippen LogP contribution in [0.3, 0.4) is 0 Å². The van der Waals surface area contributed by atoms with Crippen molar-refractivity contribution in [1.29, 1.82) is 0 Å². The van der Waals surface area contributed by atoms with E-state index in [1.54, 1.807) is 0 Å². The zero-order valence-electron chi connectivity index (χ0n) is 16.2. The summed E-state index contributed by atoms with van der Waals surface area (Å²) in [4.78, 5) is 13.2. The van der Waals surface area contributed by atoms with Crippen molar-refractivity contribution >= 4 is 17.2 Å². The van der Waals surface area contributed by atoms with E-state index >= 15 is 0 Å². The zero-order chi connectivity index (χ0) is 19.4. The number of aryl methyl sites for hydroxylation is 3. The average Bonchev–Trinajstić information content (AvgIpc) is 3.21. The molecule has 1 unspecified atom stereocenters. The average molecular weight is 384 g/mol. The van der Waals surface area contributed by atoms with Crippen molar-refractivity contribution in [2.24, 2.45) is 0 Å². The van der Waals surface area contributed by atoms with Gasteiger partial charge in [0.15, 0.2) is 0 Å². The molecule has 1 N–H and O–H groups in total. The Kier molecular flexibility index (Phi) is 5.96. The molecular formula is C21H25N3O2S. The smallest absolute Gasteiger partial charge is 0.261 e. The number of benzene rings is 1. The summed E-state index contributed by atoms with van der Waals surface area (Å²) in [7, 11) is 0. The fourth-order valence-corrected chi connectivity index (χ4v) is 3.71. The molecule has 1 aromatic carbocycles. The zero-order valence-corrected chi connectivity index (χ0v) is 17.0. The molecule has 3 aromatic rings. The normalized spacial score (nSPS) is 12.0. The molecule has 5 nitrogen and oxygen atoms in total. The van der Waals surface area contributed by atoms with E-state index < -0.39 is 0 Å². The molecule has 0 bridgehead atoms. The third kappa shape index (κ3) is 4.98. The Morgan fingerprint density at radius 1 is 1.26 bits per heavy atom. The van der Waals surface area contributed by atoms with E-state index in [9.17, 15) is 4.79 Å². The summed E-state index contributed by atoms with van der Waals surface area (Å²) in [6.07, 6.45) is 0. The van der Waals surface area contributed by atoms with Crippen molar-refractivity contribution in [3.63, 3.8) is 0 Å². The SMILES string of the molecule is Cc1cc(C)n(CC(C)NC(=O)c2cc(COc3ccccc3C)cs2)n1. The topological polar surface area (TPSA) is 56.2 Å². The number of hydrogen-bond acceptors (Lipinski definition) is 4. The second-order valence-electron chi connectivity index (χ2n) is 6.86. The molecule has 0 radical (unpaired) electrons. The summed E-state index contributed by atoms with van der Waals surface area (Å²) in [5.74, 6) is 0.810. The number of carbonyl (C=O) groups is 1. The lowest BCUT2D eigenvalue weighted by Crippen LogP contribution is -2.35. The summed E-state index contributed by atoms with van der Waals surface area (Å²) < 4.78 is 7.78. The van der Waals surface area contributed by atoms with Crippen LogP contribution in [0.25, 0.3) is 0 Å². The van der Waals surface area contributed by atoms with E-state index in [-0.39, 0.29) is 11.9 Å². The van der Waals surface area contributed by atoms with Gasteiger partial charge in [-0.05, 0) is 56.8 Å². The Labute approximate surface area is 164 Å². The van der Waals surface area contributed by atoms with Gasteiger partial charge < -0.3 is 10.1 Å². The van der Waals surface area contributed by atoms with Gasteiger partial charge in [0.2, 0.25) is 0 Å². The van der Waals surface area contributed by atoms with Crippen molar-refractivity contribution in [3.8, 4) is 5.75 Å². The molecule has 0 saturated carbocycles. The molecule has 0 aliphatic heterocycles. The molecule has 1 amide bonds. The second-order valence-corrected chi connectivity index (χ2v) is 7.77. The highest BCUT2D eigenvalue weighted by molar-refractivity contribution is 7.12. The van der Waals surface area contributed by atoms with Gasteiger partial charge in [0.05, 0.1) is 17.1 Å². The van der Waals surface area contributed by atoms with Gasteiger partial charge in [-0.2, -0.15) is 5.10 Å². The summed E-state index contributed by atoms with van der Waals surface area (Å²) in [6, 6.07) is 11.8. The highest BCUT2D eigenvalue weighted by atomic mass is 32.1. The molecule has 0 aliphatic carbocycles. The van der Waals surface area contributed by atoms with Crippen LogP contribution in [0.15, 0.2) is 41.8 Å². The van der Waals surface area contributed by atoms with E-state index in [0.29, 0.717) is 18.0 Å². The number of thiophene rings is 1. The first-order valence-corrected chi connectivity index (χ1v) is 9.88. The lowest BCUT2D eigenvalue weighted by molar-refractivity contribution is 0.0940. The molecule has 0 saturated heterocycles. The Morgan fingerprint density at radius 3 is 2.74 bits per heavy atom. The maximum absolute atomic E-state index is 12.5. The van der Waals surface area contributed by atoms with E-state index in [0.717, 1.165) is 28.3 Å². The largest absolute Gasteiger partial charge is 0.489 e. The first kappa shape index (κ1) is 19.2. The number of para-hydroxylation sites is 1. The summed E-state index contributed by atoms with van der Waals surface area (Å²) in [5, 5.41) is 9.46. The predicted octanol–water partition coefficient (Wildman–Crippen LogP) is 4.27. The molecule has 2 aromatic heterocycles. The minimum absolute atomic E-state index is 0.00994. The lowest BCUT2D eigenvalue weighted by Gasteiger charge is -2.14. The second kappa shape index (κ2) is 8.39. The van der Waals surface area contributed by atoms with E-state index in [1.807, 2.05) is 74.2 Å². The van der Waals surface area contributed by atoms with Gasteiger partial charge in [0.1, 0.15) is 12.4 Å². The molecule has 0 fully saturated rings. The number of hydrogen-bond donors (Lipinski definition) is 1. The van der Waals surface area contributed by atoms with Crippen LogP contribution in [0.5, 0.6) is 5.75 Å². The molecule has 27 heavy (non-hydrogen) atoms. The number of carbonyl (C=O) groups excluding carboxylic acids is 1. The van der Waals surface area contributed by atoms with Crippen LogP contribution < -0.4 is 10.1 Å². The van der Waals surface area contributed by atoms with Crippen LogP contribution in [-0.4, -0.2) is 21.7 Å². The van der Waals surface area contributed by atoms with Crippen molar-refractivity contribution in [1.82, 2.24) is 15.1 Å². The van der Waals surface area contributed by atoms with Gasteiger partial charge in [-0.3, -0.25) is 9.48 Å². The Bertz CT molecular complexity index is 929. The first-order chi connectivity index (χ1) is 12.9. The first-order valence-electron chi connectivity index (χ1n) is 9.00. The van der Waals surface area contributed by atoms with Crippen LogP contribution in [0.4, 0.5) is 0 Å². The van der Waals surface area contributed by atoms with Gasteiger partial charge >= 0.3 is 0 Å². The van der Waals surface area contributed by atoms with Gasteiger partial charge in [-0.25, -0.2) is 0 Å². The van der Waals surface area contributed by atoms with Crippen LogP contribution in [0.1, 0.15) is 39.1 Å². The fraction of sp³-hybridized carbons (Fsp3) is 0.333. The summed E-state index contributed by atoms with van der Waals surface area (Å²) in [6.45, 7) is 9.11. The Balaban J connectivity index is 1.55. The van der Waals surface area contributed by atoms with E-state index in [2.05, 4.69) is 10.4 Å². The third-order valence-electron chi connectivity index (χ3n) is 4.29. The number of aromatic nitrogens is 2. The third-order valence-corrected chi connectivity index (χ3v) is 5.27. The molecule has 6 heteroatoms. The minimum atomic E-state index is -0.0591. The standard InChI is InChI=1S/C21H25N3O2S/c1-14-7-5-6-8-19(14)26-12-18-10-20(27-13-18)21(25)22-16(3)11-24-17(4)9-15(2)23-24/h5-10,13,16H,11-12H2,1-4H3,(H,22,25). The van der Waals surface area contributed by atoms with Gasteiger partial charge in [-0.15, -0.1) is 11.3 Å². The highest BCUT2D eigenvalue weighted by Crippen LogP contribution is 2.20. The van der Waals surface area contributed by atoms with Crippen molar-refractivity contribution in [2.75, 3.05) is 0 Å². The molecule has 0 aliphatic rings. The maximum atomic E-state index is 12.5. The van der Waals surface area contributed by atoms with Gasteiger partial charge in [0, 0.05) is 17.3 Å². The van der Waals surface area contributed by atoms with Crippen LogP contribution >= 0.6 is 11.3 Å². The fourth-order valence-electron chi connectivity index (χ4n) is 2.91. The monoisotopic (exact) mass is 383 g/mol. The maximum Gasteiger partial charge on any atom is 0.261 e. The molecule has 0 spiro atoms. The van der Waals surface area contributed by atoms with Gasteiger partial charge in [-0.1, -0.05) is 18.2 Å².